The van der Waals surface area contributed by atoms with E-state index >= 15 is 0 Å². The van der Waals surface area contributed by atoms with Crippen molar-refractivity contribution < 1.29 is 9.84 Å². The zero-order valence-electron chi connectivity index (χ0n) is 9.59. The molecule has 0 amide bonds. The van der Waals surface area contributed by atoms with Gasteiger partial charge in [-0.1, -0.05) is 29.3 Å². The quantitative estimate of drug-likeness (QED) is 0.718. The van der Waals surface area contributed by atoms with Crippen molar-refractivity contribution in [1.82, 2.24) is 5.32 Å². The lowest BCUT2D eigenvalue weighted by Gasteiger charge is -2.07. The summed E-state index contributed by atoms with van der Waals surface area (Å²) in [6.45, 7) is 2.71. The molecule has 0 aliphatic carbocycles. The van der Waals surface area contributed by atoms with E-state index in [2.05, 4.69) is 5.32 Å². The van der Waals surface area contributed by atoms with E-state index < -0.39 is 0 Å². The van der Waals surface area contributed by atoms with Crippen LogP contribution >= 0.6 is 23.2 Å². The summed E-state index contributed by atoms with van der Waals surface area (Å²) in [5.74, 6) is 0. The Hall–Kier alpha value is -0.320. The molecular formula is C12H17Cl2NO2. The Morgan fingerprint density at radius 3 is 2.76 bits per heavy atom. The van der Waals surface area contributed by atoms with E-state index in [-0.39, 0.29) is 6.61 Å². The molecule has 0 saturated heterocycles. The van der Waals surface area contributed by atoms with Gasteiger partial charge in [-0.2, -0.15) is 0 Å². The zero-order valence-corrected chi connectivity index (χ0v) is 11.1. The molecule has 0 unspecified atom stereocenters. The van der Waals surface area contributed by atoms with E-state index in [0.717, 1.165) is 25.1 Å². The van der Waals surface area contributed by atoms with Crippen molar-refractivity contribution in [3.05, 3.63) is 33.8 Å². The van der Waals surface area contributed by atoms with Gasteiger partial charge in [0.05, 0.1) is 13.2 Å². The standard InChI is InChI=1S/C12H17Cl2NO2/c13-11-3-2-10(12(14)8-11)9-15-4-1-6-17-7-5-16/h2-3,8,15-16H,1,4-7,9H2. The summed E-state index contributed by atoms with van der Waals surface area (Å²) in [5, 5.41) is 13.1. The van der Waals surface area contributed by atoms with E-state index in [0.29, 0.717) is 23.3 Å². The summed E-state index contributed by atoms with van der Waals surface area (Å²) in [6.07, 6.45) is 0.908. The third-order valence-electron chi connectivity index (χ3n) is 2.21. The molecule has 1 aromatic carbocycles. The average Bonchev–Trinajstić information content (AvgIpc) is 2.30. The summed E-state index contributed by atoms with van der Waals surface area (Å²) in [4.78, 5) is 0. The van der Waals surface area contributed by atoms with Crippen LogP contribution in [0.25, 0.3) is 0 Å². The predicted octanol–water partition coefficient (Wildman–Crippen LogP) is 2.48. The van der Waals surface area contributed by atoms with Crippen LogP contribution in [0.5, 0.6) is 0 Å². The highest BCUT2D eigenvalue weighted by atomic mass is 35.5. The second kappa shape index (κ2) is 8.72. The third-order valence-corrected chi connectivity index (χ3v) is 2.80. The van der Waals surface area contributed by atoms with Gasteiger partial charge in [-0.05, 0) is 30.7 Å². The maximum absolute atomic E-state index is 8.50. The largest absolute Gasteiger partial charge is 0.394 e. The van der Waals surface area contributed by atoms with E-state index in [1.54, 1.807) is 6.07 Å². The minimum Gasteiger partial charge on any atom is -0.394 e. The molecule has 17 heavy (non-hydrogen) atoms. The molecule has 0 atom stereocenters. The summed E-state index contributed by atoms with van der Waals surface area (Å²) < 4.78 is 5.14. The van der Waals surface area contributed by atoms with Crippen LogP contribution in [0.4, 0.5) is 0 Å². The van der Waals surface area contributed by atoms with Crippen LogP contribution in [0, 0.1) is 0 Å². The van der Waals surface area contributed by atoms with Gasteiger partial charge in [-0.25, -0.2) is 0 Å². The van der Waals surface area contributed by atoms with Gasteiger partial charge in [-0.3, -0.25) is 0 Å². The second-order valence-electron chi connectivity index (χ2n) is 3.60. The molecule has 0 spiro atoms. The van der Waals surface area contributed by atoms with Gasteiger partial charge in [0.15, 0.2) is 0 Å². The van der Waals surface area contributed by atoms with Crippen molar-refractivity contribution in [2.24, 2.45) is 0 Å². The monoisotopic (exact) mass is 277 g/mol. The molecule has 0 aliphatic heterocycles. The van der Waals surface area contributed by atoms with E-state index in [4.69, 9.17) is 33.0 Å². The van der Waals surface area contributed by atoms with E-state index in [1.165, 1.54) is 0 Å². The number of ether oxygens (including phenoxy) is 1. The SMILES string of the molecule is OCCOCCCNCc1ccc(Cl)cc1Cl. The molecule has 0 bridgehead atoms. The van der Waals surface area contributed by atoms with E-state index in [1.807, 2.05) is 12.1 Å². The second-order valence-corrected chi connectivity index (χ2v) is 4.45. The van der Waals surface area contributed by atoms with Crippen LogP contribution in [0.3, 0.4) is 0 Å². The van der Waals surface area contributed by atoms with Gasteiger partial charge in [0.2, 0.25) is 0 Å². The highest BCUT2D eigenvalue weighted by Gasteiger charge is 2.00. The van der Waals surface area contributed by atoms with Crippen molar-refractivity contribution in [2.75, 3.05) is 26.4 Å². The number of aliphatic hydroxyl groups is 1. The molecule has 0 fully saturated rings. The van der Waals surface area contributed by atoms with Crippen LogP contribution in [-0.4, -0.2) is 31.5 Å². The molecule has 0 radical (unpaired) electrons. The molecule has 1 rings (SSSR count). The first kappa shape index (κ1) is 14.7. The fraction of sp³-hybridized carbons (Fsp3) is 0.500. The highest BCUT2D eigenvalue weighted by molar-refractivity contribution is 6.35. The molecular weight excluding hydrogens is 261 g/mol. The van der Waals surface area contributed by atoms with E-state index in [9.17, 15) is 0 Å². The topological polar surface area (TPSA) is 41.5 Å². The van der Waals surface area contributed by atoms with Crippen molar-refractivity contribution in [3.63, 3.8) is 0 Å². The molecule has 0 saturated carbocycles. The zero-order chi connectivity index (χ0) is 12.5. The lowest BCUT2D eigenvalue weighted by Crippen LogP contribution is -2.17. The lowest BCUT2D eigenvalue weighted by atomic mass is 10.2. The fourth-order valence-electron chi connectivity index (χ4n) is 1.35. The molecule has 0 heterocycles. The Labute approximate surface area is 112 Å². The Kier molecular flexibility index (Phi) is 7.56. The fourth-order valence-corrected chi connectivity index (χ4v) is 1.83. The molecule has 0 aromatic heterocycles. The smallest absolute Gasteiger partial charge is 0.0697 e. The summed E-state index contributed by atoms with van der Waals surface area (Å²) in [5.41, 5.74) is 1.03. The van der Waals surface area contributed by atoms with Crippen LogP contribution < -0.4 is 5.32 Å². The summed E-state index contributed by atoms with van der Waals surface area (Å²) in [7, 11) is 0. The predicted molar refractivity (Wildman–Crippen MR) is 70.7 cm³/mol. The van der Waals surface area contributed by atoms with Crippen molar-refractivity contribution in [2.45, 2.75) is 13.0 Å². The summed E-state index contributed by atoms with van der Waals surface area (Å²) >= 11 is 11.8. The number of nitrogens with one attached hydrogen (secondary N) is 1. The van der Waals surface area contributed by atoms with Crippen LogP contribution in [0.2, 0.25) is 10.0 Å². The number of hydrogen-bond donors (Lipinski definition) is 2. The van der Waals surface area contributed by atoms with Crippen molar-refractivity contribution in [3.8, 4) is 0 Å². The van der Waals surface area contributed by atoms with Gasteiger partial charge >= 0.3 is 0 Å². The Balaban J connectivity index is 2.14. The first-order valence-corrected chi connectivity index (χ1v) is 6.33. The van der Waals surface area contributed by atoms with Crippen LogP contribution in [0.1, 0.15) is 12.0 Å². The maximum Gasteiger partial charge on any atom is 0.0697 e. The van der Waals surface area contributed by atoms with Gasteiger partial charge in [0, 0.05) is 23.2 Å². The number of hydrogen-bond acceptors (Lipinski definition) is 3. The van der Waals surface area contributed by atoms with Gasteiger partial charge in [0.1, 0.15) is 0 Å². The molecule has 1 aromatic rings. The van der Waals surface area contributed by atoms with Crippen LogP contribution in [-0.2, 0) is 11.3 Å². The maximum atomic E-state index is 8.50. The van der Waals surface area contributed by atoms with Crippen molar-refractivity contribution >= 4 is 23.2 Å². The third kappa shape index (κ3) is 6.24. The van der Waals surface area contributed by atoms with Crippen LogP contribution in [0.15, 0.2) is 18.2 Å². The lowest BCUT2D eigenvalue weighted by molar-refractivity contribution is 0.0907. The average molecular weight is 278 g/mol. The molecule has 2 N–H and O–H groups in total. The summed E-state index contributed by atoms with van der Waals surface area (Å²) in [6, 6.07) is 5.49. The number of rotatable bonds is 8. The minimum atomic E-state index is 0.0772. The first-order chi connectivity index (χ1) is 8.24. The number of benzene rings is 1. The normalized spacial score (nSPS) is 10.8. The van der Waals surface area contributed by atoms with Crippen molar-refractivity contribution in [1.29, 1.82) is 0 Å². The van der Waals surface area contributed by atoms with Gasteiger partial charge in [0.25, 0.3) is 0 Å². The number of halogens is 2. The molecule has 0 aliphatic rings. The minimum absolute atomic E-state index is 0.0772. The first-order valence-electron chi connectivity index (χ1n) is 5.57. The number of aliphatic hydroxyl groups excluding tert-OH is 1. The Morgan fingerprint density at radius 2 is 2.06 bits per heavy atom. The molecule has 3 nitrogen and oxygen atoms in total. The highest BCUT2D eigenvalue weighted by Crippen LogP contribution is 2.20. The van der Waals surface area contributed by atoms with Gasteiger partial charge in [-0.15, -0.1) is 0 Å². The molecule has 5 heteroatoms. The Bertz CT molecular complexity index is 334. The Morgan fingerprint density at radius 1 is 1.24 bits per heavy atom. The molecule has 96 valence electrons. The van der Waals surface area contributed by atoms with Gasteiger partial charge < -0.3 is 15.2 Å².